The highest BCUT2D eigenvalue weighted by atomic mass is 16.3. The number of aliphatic hydroxyl groups is 1. The van der Waals surface area contributed by atoms with Gasteiger partial charge in [0, 0.05) is 67.0 Å². The van der Waals surface area contributed by atoms with E-state index < -0.39 is 5.91 Å². The molecule has 1 saturated heterocycles. The minimum atomic E-state index is -0.407. The highest BCUT2D eigenvalue weighted by Crippen LogP contribution is 2.27. The van der Waals surface area contributed by atoms with Crippen LogP contribution in [0.1, 0.15) is 24.0 Å². The number of benzene rings is 2. The summed E-state index contributed by atoms with van der Waals surface area (Å²) in [5.74, 6) is 0.277. The summed E-state index contributed by atoms with van der Waals surface area (Å²) in [5, 5.41) is 18.4. The molecule has 6 N–H and O–H groups in total. The Morgan fingerprint density at radius 2 is 1.78 bits per heavy atom. The number of rotatable bonds is 11. The molecule has 0 radical (unpaired) electrons. The van der Waals surface area contributed by atoms with Crippen molar-refractivity contribution in [1.29, 1.82) is 0 Å². The summed E-state index contributed by atoms with van der Waals surface area (Å²) in [6, 6.07) is 20.1. The van der Waals surface area contributed by atoms with Crippen molar-refractivity contribution in [2.45, 2.75) is 25.8 Å². The van der Waals surface area contributed by atoms with Gasteiger partial charge in [0.25, 0.3) is 0 Å². The first-order chi connectivity index (χ1) is 18.0. The largest absolute Gasteiger partial charge is 0.395 e. The van der Waals surface area contributed by atoms with Crippen LogP contribution in [0.15, 0.2) is 66.9 Å². The van der Waals surface area contributed by atoms with Gasteiger partial charge in [0.2, 0.25) is 11.8 Å². The molecule has 2 aromatic carbocycles. The van der Waals surface area contributed by atoms with Gasteiger partial charge in [0.15, 0.2) is 0 Å². The van der Waals surface area contributed by atoms with Gasteiger partial charge in [-0.15, -0.1) is 0 Å². The zero-order valence-corrected chi connectivity index (χ0v) is 20.8. The van der Waals surface area contributed by atoms with E-state index in [1.165, 1.54) is 0 Å². The van der Waals surface area contributed by atoms with Crippen LogP contribution in [0, 0.1) is 5.92 Å². The van der Waals surface area contributed by atoms with E-state index in [0.717, 1.165) is 54.1 Å². The minimum absolute atomic E-state index is 0.00273. The number of nitrogens with one attached hydrogen (secondary N) is 3. The Kier molecular flexibility index (Phi) is 8.93. The van der Waals surface area contributed by atoms with Gasteiger partial charge in [-0.3, -0.25) is 9.59 Å². The average molecular weight is 503 g/mol. The zero-order chi connectivity index (χ0) is 26.0. The Labute approximate surface area is 217 Å². The standard InChI is InChI=1S/C28H34N6O3/c29-26(36)16-22-19-32-27(17-25(22)31-18-20-4-2-1-3-5-20)33-23-6-8-24(9-7-23)34-13-10-21(11-14-34)28(37)30-12-15-35/h1-9,17,19,21,35H,10-16,18H2,(H2,29,36)(H,30,37)(H2,31,32,33). The molecule has 2 amide bonds. The summed E-state index contributed by atoms with van der Waals surface area (Å²) in [6.45, 7) is 2.50. The van der Waals surface area contributed by atoms with Gasteiger partial charge in [0.1, 0.15) is 5.82 Å². The third-order valence-electron chi connectivity index (χ3n) is 6.46. The Bertz CT molecular complexity index is 1180. The topological polar surface area (TPSA) is 133 Å². The predicted molar refractivity (Wildman–Crippen MR) is 146 cm³/mol. The van der Waals surface area contributed by atoms with Gasteiger partial charge < -0.3 is 31.7 Å². The van der Waals surface area contributed by atoms with Crippen molar-refractivity contribution in [2.24, 2.45) is 11.7 Å². The van der Waals surface area contributed by atoms with Gasteiger partial charge in [0.05, 0.1) is 13.0 Å². The molecule has 0 atom stereocenters. The van der Waals surface area contributed by atoms with Crippen LogP contribution in [0.4, 0.5) is 22.9 Å². The van der Waals surface area contributed by atoms with Crippen LogP contribution in [-0.4, -0.2) is 48.1 Å². The molecule has 0 saturated carbocycles. The number of hydrogen-bond donors (Lipinski definition) is 5. The Morgan fingerprint density at radius 1 is 1.05 bits per heavy atom. The minimum Gasteiger partial charge on any atom is -0.395 e. The summed E-state index contributed by atoms with van der Waals surface area (Å²) in [5.41, 5.74) is 10.1. The van der Waals surface area contributed by atoms with E-state index in [0.29, 0.717) is 18.9 Å². The maximum Gasteiger partial charge on any atom is 0.223 e. The fourth-order valence-corrected chi connectivity index (χ4v) is 4.47. The molecular weight excluding hydrogens is 468 g/mol. The van der Waals surface area contributed by atoms with Crippen molar-refractivity contribution >= 4 is 34.7 Å². The van der Waals surface area contributed by atoms with E-state index in [2.05, 4.69) is 38.0 Å². The third kappa shape index (κ3) is 7.44. The smallest absolute Gasteiger partial charge is 0.223 e. The van der Waals surface area contributed by atoms with Crippen molar-refractivity contribution < 1.29 is 14.7 Å². The molecule has 1 aliphatic rings. The van der Waals surface area contributed by atoms with Gasteiger partial charge >= 0.3 is 0 Å². The number of carbonyl (C=O) groups is 2. The van der Waals surface area contributed by atoms with Gasteiger partial charge in [-0.05, 0) is 42.7 Å². The van der Waals surface area contributed by atoms with Crippen LogP contribution >= 0.6 is 0 Å². The lowest BCUT2D eigenvalue weighted by molar-refractivity contribution is -0.125. The summed E-state index contributed by atoms with van der Waals surface area (Å²) in [4.78, 5) is 30.4. The monoisotopic (exact) mass is 502 g/mol. The number of anilines is 4. The molecule has 3 aromatic rings. The fraction of sp³-hybridized carbons (Fsp3) is 0.321. The Balaban J connectivity index is 1.37. The van der Waals surface area contributed by atoms with Crippen molar-refractivity contribution in [3.8, 4) is 0 Å². The van der Waals surface area contributed by atoms with E-state index in [1.54, 1.807) is 6.20 Å². The average Bonchev–Trinajstić information content (AvgIpc) is 2.92. The van der Waals surface area contributed by atoms with Crippen LogP contribution in [0.2, 0.25) is 0 Å². The first-order valence-electron chi connectivity index (χ1n) is 12.6. The van der Waals surface area contributed by atoms with E-state index >= 15 is 0 Å². The maximum atomic E-state index is 12.1. The van der Waals surface area contributed by atoms with Crippen molar-refractivity contribution in [2.75, 3.05) is 41.8 Å². The summed E-state index contributed by atoms with van der Waals surface area (Å²) >= 11 is 0. The van der Waals surface area contributed by atoms with Crippen LogP contribution in [0.25, 0.3) is 0 Å². The van der Waals surface area contributed by atoms with Gasteiger partial charge in [-0.2, -0.15) is 0 Å². The fourth-order valence-electron chi connectivity index (χ4n) is 4.47. The zero-order valence-electron chi connectivity index (χ0n) is 20.8. The van der Waals surface area contributed by atoms with E-state index in [1.807, 2.05) is 48.5 Å². The van der Waals surface area contributed by atoms with Crippen molar-refractivity contribution in [1.82, 2.24) is 10.3 Å². The van der Waals surface area contributed by atoms with Crippen molar-refractivity contribution in [3.63, 3.8) is 0 Å². The van der Waals surface area contributed by atoms with Crippen LogP contribution < -0.4 is 26.6 Å². The lowest BCUT2D eigenvalue weighted by atomic mass is 9.95. The molecule has 0 unspecified atom stereocenters. The molecule has 2 heterocycles. The molecule has 4 rings (SSSR count). The second-order valence-corrected chi connectivity index (χ2v) is 9.16. The molecule has 194 valence electrons. The quantitative estimate of drug-likeness (QED) is 0.272. The molecule has 9 heteroatoms. The molecular formula is C28H34N6O3. The molecule has 9 nitrogen and oxygen atoms in total. The number of nitrogens with zero attached hydrogens (tertiary/aromatic N) is 2. The van der Waals surface area contributed by atoms with E-state index in [4.69, 9.17) is 10.8 Å². The first kappa shape index (κ1) is 26.0. The third-order valence-corrected chi connectivity index (χ3v) is 6.46. The lowest BCUT2D eigenvalue weighted by Crippen LogP contribution is -2.41. The number of carbonyl (C=O) groups excluding carboxylic acids is 2. The normalized spacial score (nSPS) is 13.7. The first-order valence-corrected chi connectivity index (χ1v) is 12.6. The second kappa shape index (κ2) is 12.7. The number of nitrogens with two attached hydrogens (primary N) is 1. The van der Waals surface area contributed by atoms with E-state index in [9.17, 15) is 9.59 Å². The molecule has 37 heavy (non-hydrogen) atoms. The van der Waals surface area contributed by atoms with Gasteiger partial charge in [-0.1, -0.05) is 30.3 Å². The SMILES string of the molecule is NC(=O)Cc1cnc(Nc2ccc(N3CCC(C(=O)NCCO)CC3)cc2)cc1NCc1ccccc1. The molecule has 0 spiro atoms. The molecule has 1 aliphatic heterocycles. The molecule has 1 aromatic heterocycles. The Morgan fingerprint density at radius 3 is 2.46 bits per heavy atom. The molecule has 1 fully saturated rings. The summed E-state index contributed by atoms with van der Waals surface area (Å²) < 4.78 is 0. The highest BCUT2D eigenvalue weighted by Gasteiger charge is 2.24. The number of amides is 2. The Hall–Kier alpha value is -4.11. The number of aromatic nitrogens is 1. The predicted octanol–water partition coefficient (Wildman–Crippen LogP) is 2.79. The maximum absolute atomic E-state index is 12.1. The summed E-state index contributed by atoms with van der Waals surface area (Å²) in [6.07, 6.45) is 3.36. The number of hydrogen-bond acceptors (Lipinski definition) is 7. The summed E-state index contributed by atoms with van der Waals surface area (Å²) in [7, 11) is 0. The lowest BCUT2D eigenvalue weighted by Gasteiger charge is -2.33. The number of aliphatic hydroxyl groups excluding tert-OH is 1. The van der Waals surface area contributed by atoms with E-state index in [-0.39, 0.29) is 24.9 Å². The number of pyridine rings is 1. The molecule has 0 aliphatic carbocycles. The van der Waals surface area contributed by atoms with Crippen LogP contribution in [-0.2, 0) is 22.6 Å². The van der Waals surface area contributed by atoms with Crippen molar-refractivity contribution in [3.05, 3.63) is 78.0 Å². The highest BCUT2D eigenvalue weighted by molar-refractivity contribution is 5.80. The second-order valence-electron chi connectivity index (χ2n) is 9.16. The van der Waals surface area contributed by atoms with Crippen LogP contribution in [0.5, 0.6) is 0 Å². The van der Waals surface area contributed by atoms with Gasteiger partial charge in [-0.25, -0.2) is 4.98 Å². The molecule has 0 bridgehead atoms. The number of piperidine rings is 1. The number of primary amides is 1. The van der Waals surface area contributed by atoms with Crippen LogP contribution in [0.3, 0.4) is 0 Å².